The topological polar surface area (TPSA) is 41.3 Å². The Morgan fingerprint density at radius 2 is 1.79 bits per heavy atom. The molecule has 3 rings (SSSR count). The van der Waals surface area contributed by atoms with Crippen molar-refractivity contribution >= 4 is 5.69 Å². The van der Waals surface area contributed by atoms with Crippen molar-refractivity contribution in [3.63, 3.8) is 0 Å². The molecule has 1 saturated heterocycles. The highest BCUT2D eigenvalue weighted by Crippen LogP contribution is 2.17. The first-order chi connectivity index (χ1) is 11.7. The summed E-state index contributed by atoms with van der Waals surface area (Å²) in [4.78, 5) is 2.53. The molecule has 128 valence electrons. The second kappa shape index (κ2) is 8.27. The SMILES string of the molecule is Nc1c(F)cccc1CNC1CCN(CCc2ccccc2)CC1. The van der Waals surface area contributed by atoms with Gasteiger partial charge in [-0.05, 0) is 49.5 Å². The van der Waals surface area contributed by atoms with E-state index in [1.807, 2.05) is 6.07 Å². The van der Waals surface area contributed by atoms with Gasteiger partial charge in [0.15, 0.2) is 0 Å². The van der Waals surface area contributed by atoms with Gasteiger partial charge in [0.2, 0.25) is 0 Å². The highest BCUT2D eigenvalue weighted by molar-refractivity contribution is 5.47. The number of hydrogen-bond donors (Lipinski definition) is 2. The van der Waals surface area contributed by atoms with Crippen molar-refractivity contribution in [3.05, 3.63) is 65.5 Å². The molecule has 0 spiro atoms. The number of nitrogens with one attached hydrogen (secondary N) is 1. The first-order valence-corrected chi connectivity index (χ1v) is 8.75. The van der Waals surface area contributed by atoms with Crippen LogP contribution in [0.1, 0.15) is 24.0 Å². The molecule has 1 heterocycles. The first kappa shape index (κ1) is 16.9. The third-order valence-corrected chi connectivity index (χ3v) is 4.87. The van der Waals surface area contributed by atoms with Gasteiger partial charge in [0, 0.05) is 19.1 Å². The lowest BCUT2D eigenvalue weighted by Crippen LogP contribution is -2.42. The van der Waals surface area contributed by atoms with Crippen LogP contribution in [0.25, 0.3) is 0 Å². The number of hydrogen-bond acceptors (Lipinski definition) is 3. The van der Waals surface area contributed by atoms with Gasteiger partial charge in [0.05, 0.1) is 5.69 Å². The Kier molecular flexibility index (Phi) is 5.83. The largest absolute Gasteiger partial charge is 0.396 e. The summed E-state index contributed by atoms with van der Waals surface area (Å²) in [6, 6.07) is 16.1. The van der Waals surface area contributed by atoms with Crippen LogP contribution in [0.5, 0.6) is 0 Å². The van der Waals surface area contributed by atoms with Gasteiger partial charge in [-0.2, -0.15) is 0 Å². The third kappa shape index (κ3) is 4.56. The monoisotopic (exact) mass is 327 g/mol. The number of nitrogen functional groups attached to an aromatic ring is 1. The summed E-state index contributed by atoms with van der Waals surface area (Å²) in [6.07, 6.45) is 3.37. The average Bonchev–Trinajstić information content (AvgIpc) is 2.63. The smallest absolute Gasteiger partial charge is 0.146 e. The van der Waals surface area contributed by atoms with Crippen molar-refractivity contribution in [2.45, 2.75) is 31.8 Å². The van der Waals surface area contributed by atoms with Crippen LogP contribution in [0.2, 0.25) is 0 Å². The van der Waals surface area contributed by atoms with Crippen molar-refractivity contribution in [1.29, 1.82) is 0 Å². The highest BCUT2D eigenvalue weighted by atomic mass is 19.1. The number of rotatable bonds is 6. The Hall–Kier alpha value is -1.91. The zero-order valence-electron chi connectivity index (χ0n) is 14.0. The van der Waals surface area contributed by atoms with Gasteiger partial charge in [0.1, 0.15) is 5.82 Å². The normalized spacial score (nSPS) is 16.4. The predicted octanol–water partition coefficient (Wildman–Crippen LogP) is 3.20. The van der Waals surface area contributed by atoms with Gasteiger partial charge < -0.3 is 16.0 Å². The maximum absolute atomic E-state index is 13.5. The van der Waals surface area contributed by atoms with Crippen LogP contribution < -0.4 is 11.1 Å². The second-order valence-electron chi connectivity index (χ2n) is 6.55. The number of anilines is 1. The van der Waals surface area contributed by atoms with Crippen molar-refractivity contribution < 1.29 is 4.39 Å². The van der Waals surface area contributed by atoms with E-state index in [4.69, 9.17) is 5.73 Å². The van der Waals surface area contributed by atoms with Gasteiger partial charge in [-0.1, -0.05) is 42.5 Å². The number of likely N-dealkylation sites (tertiary alicyclic amines) is 1. The van der Waals surface area contributed by atoms with Gasteiger partial charge >= 0.3 is 0 Å². The first-order valence-electron chi connectivity index (χ1n) is 8.75. The number of para-hydroxylation sites is 1. The molecule has 2 aromatic carbocycles. The molecule has 0 atom stereocenters. The Balaban J connectivity index is 1.40. The van der Waals surface area contributed by atoms with E-state index in [2.05, 4.69) is 40.5 Å². The van der Waals surface area contributed by atoms with Gasteiger partial charge in [-0.3, -0.25) is 0 Å². The summed E-state index contributed by atoms with van der Waals surface area (Å²) in [6.45, 7) is 3.98. The molecule has 3 N–H and O–H groups in total. The van der Waals surface area contributed by atoms with Crippen molar-refractivity contribution in [1.82, 2.24) is 10.2 Å². The minimum Gasteiger partial charge on any atom is -0.396 e. The lowest BCUT2D eigenvalue weighted by atomic mass is 10.0. The Labute approximate surface area is 143 Å². The fourth-order valence-electron chi connectivity index (χ4n) is 3.28. The summed E-state index contributed by atoms with van der Waals surface area (Å²) in [7, 11) is 0. The zero-order chi connectivity index (χ0) is 16.8. The molecule has 1 aliphatic rings. The zero-order valence-corrected chi connectivity index (χ0v) is 14.0. The lowest BCUT2D eigenvalue weighted by Gasteiger charge is -2.32. The summed E-state index contributed by atoms with van der Waals surface area (Å²) in [5, 5.41) is 3.53. The van der Waals surface area contributed by atoms with Crippen LogP contribution in [0.4, 0.5) is 10.1 Å². The molecular formula is C20H26FN3. The van der Waals surface area contributed by atoms with Crippen molar-refractivity contribution in [3.8, 4) is 0 Å². The van der Waals surface area contributed by atoms with E-state index in [9.17, 15) is 4.39 Å². The molecule has 0 bridgehead atoms. The molecule has 0 radical (unpaired) electrons. The lowest BCUT2D eigenvalue weighted by molar-refractivity contribution is 0.199. The summed E-state index contributed by atoms with van der Waals surface area (Å²) >= 11 is 0. The van der Waals surface area contributed by atoms with E-state index in [0.29, 0.717) is 12.6 Å². The molecule has 0 amide bonds. The molecule has 0 aliphatic carbocycles. The van der Waals surface area contributed by atoms with Gasteiger partial charge in [-0.15, -0.1) is 0 Å². The van der Waals surface area contributed by atoms with Crippen molar-refractivity contribution in [2.24, 2.45) is 0 Å². The highest BCUT2D eigenvalue weighted by Gasteiger charge is 2.18. The third-order valence-electron chi connectivity index (χ3n) is 4.87. The van der Waals surface area contributed by atoms with E-state index < -0.39 is 0 Å². The van der Waals surface area contributed by atoms with Gasteiger partial charge in [-0.25, -0.2) is 4.39 Å². The van der Waals surface area contributed by atoms with Crippen LogP contribution >= 0.6 is 0 Å². The average molecular weight is 327 g/mol. The van der Waals surface area contributed by atoms with E-state index in [1.165, 1.54) is 11.6 Å². The standard InChI is InChI=1S/C20H26FN3/c21-19-8-4-7-17(20(19)22)15-23-18-10-13-24(14-11-18)12-9-16-5-2-1-3-6-16/h1-8,18,23H,9-15,22H2. The molecule has 2 aromatic rings. The Morgan fingerprint density at radius 1 is 1.04 bits per heavy atom. The molecule has 0 saturated carbocycles. The maximum atomic E-state index is 13.5. The molecule has 4 heteroatoms. The van der Waals surface area contributed by atoms with E-state index in [1.54, 1.807) is 6.07 Å². The molecule has 0 aromatic heterocycles. The molecule has 1 aliphatic heterocycles. The van der Waals surface area contributed by atoms with E-state index in [0.717, 1.165) is 44.5 Å². The maximum Gasteiger partial charge on any atom is 0.146 e. The van der Waals surface area contributed by atoms with E-state index in [-0.39, 0.29) is 11.5 Å². The summed E-state index contributed by atoms with van der Waals surface area (Å²) in [5.74, 6) is -0.329. The van der Waals surface area contributed by atoms with E-state index >= 15 is 0 Å². The van der Waals surface area contributed by atoms with Crippen molar-refractivity contribution in [2.75, 3.05) is 25.4 Å². The molecule has 24 heavy (non-hydrogen) atoms. The second-order valence-corrected chi connectivity index (χ2v) is 6.55. The minimum absolute atomic E-state index is 0.269. The molecule has 1 fully saturated rings. The number of piperidine rings is 1. The number of nitrogens with zero attached hydrogens (tertiary/aromatic N) is 1. The summed E-state index contributed by atoms with van der Waals surface area (Å²) < 4.78 is 13.5. The predicted molar refractivity (Wildman–Crippen MR) is 97.3 cm³/mol. The number of nitrogens with two attached hydrogens (primary N) is 1. The molecule has 3 nitrogen and oxygen atoms in total. The molecule has 0 unspecified atom stereocenters. The molecular weight excluding hydrogens is 301 g/mol. The fourth-order valence-corrected chi connectivity index (χ4v) is 3.28. The van der Waals surface area contributed by atoms with Crippen LogP contribution in [0.15, 0.2) is 48.5 Å². The van der Waals surface area contributed by atoms with Crippen LogP contribution in [0.3, 0.4) is 0 Å². The number of benzene rings is 2. The number of halogens is 1. The Morgan fingerprint density at radius 3 is 2.54 bits per heavy atom. The van der Waals surface area contributed by atoms with Crippen LogP contribution in [-0.4, -0.2) is 30.6 Å². The van der Waals surface area contributed by atoms with Crippen LogP contribution in [0, 0.1) is 5.82 Å². The quantitative estimate of drug-likeness (QED) is 0.801. The minimum atomic E-state index is -0.329. The van der Waals surface area contributed by atoms with Crippen LogP contribution in [-0.2, 0) is 13.0 Å². The summed E-state index contributed by atoms with van der Waals surface area (Å²) in [5.41, 5.74) is 8.31. The van der Waals surface area contributed by atoms with Gasteiger partial charge in [0.25, 0.3) is 0 Å². The fraction of sp³-hybridized carbons (Fsp3) is 0.400. The Bertz CT molecular complexity index is 637.